The molecule has 0 atom stereocenters. The molecule has 1 aromatic carbocycles. The third kappa shape index (κ3) is 4.17. The molecule has 1 saturated heterocycles. The van der Waals surface area contributed by atoms with E-state index in [4.69, 9.17) is 0 Å². The zero-order valence-electron chi connectivity index (χ0n) is 14.7. The van der Waals surface area contributed by atoms with Gasteiger partial charge in [-0.05, 0) is 43.9 Å². The van der Waals surface area contributed by atoms with Crippen LogP contribution in [0.2, 0.25) is 0 Å². The van der Waals surface area contributed by atoms with Crippen LogP contribution in [-0.4, -0.2) is 39.8 Å². The first-order chi connectivity index (χ1) is 12.5. The van der Waals surface area contributed by atoms with Crippen LogP contribution in [0.15, 0.2) is 35.3 Å². The van der Waals surface area contributed by atoms with Gasteiger partial charge < -0.3 is 15.2 Å². The molecule has 1 fully saturated rings. The molecule has 26 heavy (non-hydrogen) atoms. The van der Waals surface area contributed by atoms with E-state index in [-0.39, 0.29) is 18.0 Å². The van der Waals surface area contributed by atoms with Crippen LogP contribution in [0.1, 0.15) is 51.4 Å². The summed E-state index contributed by atoms with van der Waals surface area (Å²) in [4.78, 5) is 44.6. The number of aromatic amines is 1. The second kappa shape index (κ2) is 7.95. The van der Waals surface area contributed by atoms with Gasteiger partial charge in [-0.15, -0.1) is 0 Å². The number of benzene rings is 1. The maximum atomic E-state index is 12.4. The third-order valence-corrected chi connectivity index (χ3v) is 4.47. The molecule has 0 unspecified atom stereocenters. The number of piperidine rings is 1. The van der Waals surface area contributed by atoms with Gasteiger partial charge in [-0.1, -0.05) is 12.1 Å². The van der Waals surface area contributed by atoms with E-state index in [2.05, 4.69) is 15.3 Å². The molecule has 1 aliphatic rings. The average molecular weight is 354 g/mol. The number of hydrogen-bond donors (Lipinski definition) is 2. The third-order valence-electron chi connectivity index (χ3n) is 4.47. The first-order valence-corrected chi connectivity index (χ1v) is 8.77. The Hall–Kier alpha value is -2.96. The van der Waals surface area contributed by atoms with Gasteiger partial charge in [0, 0.05) is 31.4 Å². The van der Waals surface area contributed by atoms with Gasteiger partial charge in [-0.2, -0.15) is 0 Å². The van der Waals surface area contributed by atoms with Crippen molar-refractivity contribution in [1.29, 1.82) is 0 Å². The van der Waals surface area contributed by atoms with E-state index in [1.807, 2.05) is 17.0 Å². The van der Waals surface area contributed by atoms with Crippen LogP contribution in [0.5, 0.6) is 0 Å². The Balaban J connectivity index is 1.59. The molecule has 7 nitrogen and oxygen atoms in total. The van der Waals surface area contributed by atoms with Gasteiger partial charge >= 0.3 is 0 Å². The average Bonchev–Trinajstić information content (AvgIpc) is 2.66. The molecule has 3 rings (SSSR count). The molecular weight excluding hydrogens is 332 g/mol. The Morgan fingerprint density at radius 1 is 1.15 bits per heavy atom. The van der Waals surface area contributed by atoms with Crippen molar-refractivity contribution in [2.75, 3.05) is 13.1 Å². The summed E-state index contributed by atoms with van der Waals surface area (Å²) in [6.45, 7) is 3.55. The summed E-state index contributed by atoms with van der Waals surface area (Å²) < 4.78 is 0. The van der Waals surface area contributed by atoms with Crippen molar-refractivity contribution in [3.05, 3.63) is 63.3 Å². The van der Waals surface area contributed by atoms with Crippen LogP contribution in [0.4, 0.5) is 0 Å². The van der Waals surface area contributed by atoms with Gasteiger partial charge in [0.05, 0.1) is 0 Å². The predicted octanol–water partition coefficient (Wildman–Crippen LogP) is 1.63. The summed E-state index contributed by atoms with van der Waals surface area (Å²) in [5.74, 6) is 0.0327. The largest absolute Gasteiger partial charge is 0.348 e. The summed E-state index contributed by atoms with van der Waals surface area (Å²) >= 11 is 0. The van der Waals surface area contributed by atoms with Crippen molar-refractivity contribution in [3.63, 3.8) is 0 Å². The van der Waals surface area contributed by atoms with Crippen LogP contribution in [0.3, 0.4) is 0 Å². The maximum Gasteiger partial charge on any atom is 0.263 e. The molecule has 0 aliphatic carbocycles. The molecular formula is C19H22N4O3. The molecule has 0 bridgehead atoms. The van der Waals surface area contributed by atoms with E-state index in [1.54, 1.807) is 19.1 Å². The van der Waals surface area contributed by atoms with Crippen LogP contribution < -0.4 is 10.9 Å². The van der Waals surface area contributed by atoms with Crippen molar-refractivity contribution in [1.82, 2.24) is 20.2 Å². The molecule has 7 heteroatoms. The summed E-state index contributed by atoms with van der Waals surface area (Å²) in [7, 11) is 0. The molecule has 1 aliphatic heterocycles. The van der Waals surface area contributed by atoms with Crippen LogP contribution >= 0.6 is 0 Å². The van der Waals surface area contributed by atoms with E-state index >= 15 is 0 Å². The number of aryl methyl sites for hydroxylation is 1. The highest BCUT2D eigenvalue weighted by molar-refractivity contribution is 5.94. The second-order valence-electron chi connectivity index (χ2n) is 6.44. The smallest absolute Gasteiger partial charge is 0.263 e. The molecule has 2 amide bonds. The highest BCUT2D eigenvalue weighted by Crippen LogP contribution is 2.14. The van der Waals surface area contributed by atoms with Crippen LogP contribution in [0.25, 0.3) is 0 Å². The van der Waals surface area contributed by atoms with E-state index in [0.717, 1.165) is 31.5 Å². The zero-order chi connectivity index (χ0) is 18.5. The van der Waals surface area contributed by atoms with Crippen LogP contribution in [0, 0.1) is 6.92 Å². The maximum absolute atomic E-state index is 12.4. The molecule has 1 aromatic heterocycles. The molecule has 0 spiro atoms. The first kappa shape index (κ1) is 17.8. The summed E-state index contributed by atoms with van der Waals surface area (Å²) in [6, 6.07) is 7.18. The monoisotopic (exact) mass is 354 g/mol. The number of rotatable bonds is 4. The highest BCUT2D eigenvalue weighted by atomic mass is 16.2. The zero-order valence-corrected chi connectivity index (χ0v) is 14.7. The summed E-state index contributed by atoms with van der Waals surface area (Å²) in [5.41, 5.74) is 1.02. The van der Waals surface area contributed by atoms with Gasteiger partial charge in [0.25, 0.3) is 17.4 Å². The second-order valence-corrected chi connectivity index (χ2v) is 6.44. The SMILES string of the molecule is Cc1ncc(C(=O)NCc2ccc(C(=O)N3CCCCC3)cc2)c(=O)[nH]1. The Morgan fingerprint density at radius 2 is 1.85 bits per heavy atom. The number of hydrogen-bond acceptors (Lipinski definition) is 4. The van der Waals surface area contributed by atoms with Gasteiger partial charge in [-0.3, -0.25) is 14.4 Å². The summed E-state index contributed by atoms with van der Waals surface area (Å²) in [6.07, 6.45) is 4.57. The number of carbonyl (C=O) groups excluding carboxylic acids is 2. The normalized spacial score (nSPS) is 14.1. The number of H-pyrrole nitrogens is 1. The lowest BCUT2D eigenvalue weighted by Gasteiger charge is -2.26. The minimum absolute atomic E-state index is 0.0208. The lowest BCUT2D eigenvalue weighted by Crippen LogP contribution is -2.35. The standard InChI is InChI=1S/C19H22N4O3/c1-13-20-12-16(18(25)22-13)17(24)21-11-14-5-7-15(8-6-14)19(26)23-9-3-2-4-10-23/h5-8,12H,2-4,9-11H2,1H3,(H,21,24)(H,20,22,25). The van der Waals surface area contributed by atoms with Gasteiger partial charge in [0.15, 0.2) is 0 Å². The Morgan fingerprint density at radius 3 is 2.50 bits per heavy atom. The van der Waals surface area contributed by atoms with Crippen molar-refractivity contribution in [2.24, 2.45) is 0 Å². The van der Waals surface area contributed by atoms with E-state index in [0.29, 0.717) is 11.4 Å². The Kier molecular flexibility index (Phi) is 5.46. The van der Waals surface area contributed by atoms with Crippen molar-refractivity contribution < 1.29 is 9.59 Å². The minimum atomic E-state index is -0.479. The Bertz CT molecular complexity index is 852. The highest BCUT2D eigenvalue weighted by Gasteiger charge is 2.18. The first-order valence-electron chi connectivity index (χ1n) is 8.77. The van der Waals surface area contributed by atoms with Gasteiger partial charge in [0.1, 0.15) is 11.4 Å². The quantitative estimate of drug-likeness (QED) is 0.872. The van der Waals surface area contributed by atoms with Crippen molar-refractivity contribution >= 4 is 11.8 Å². The number of carbonyl (C=O) groups is 2. The van der Waals surface area contributed by atoms with E-state index in [1.165, 1.54) is 12.6 Å². The number of nitrogens with one attached hydrogen (secondary N) is 2. The van der Waals surface area contributed by atoms with E-state index < -0.39 is 11.5 Å². The van der Waals surface area contributed by atoms with Gasteiger partial charge in [-0.25, -0.2) is 4.98 Å². The van der Waals surface area contributed by atoms with Crippen molar-refractivity contribution in [2.45, 2.75) is 32.7 Å². The molecule has 2 heterocycles. The lowest BCUT2D eigenvalue weighted by atomic mass is 10.1. The fourth-order valence-corrected chi connectivity index (χ4v) is 2.97. The minimum Gasteiger partial charge on any atom is -0.348 e. The van der Waals surface area contributed by atoms with Crippen molar-refractivity contribution in [3.8, 4) is 0 Å². The number of aromatic nitrogens is 2. The molecule has 0 saturated carbocycles. The predicted molar refractivity (Wildman–Crippen MR) is 97.0 cm³/mol. The van der Waals surface area contributed by atoms with Crippen LogP contribution in [-0.2, 0) is 6.54 Å². The molecule has 2 aromatic rings. The number of nitrogens with zero attached hydrogens (tertiary/aromatic N) is 2. The number of likely N-dealkylation sites (tertiary alicyclic amines) is 1. The topological polar surface area (TPSA) is 95.2 Å². The Labute approximate surface area is 151 Å². The van der Waals surface area contributed by atoms with Gasteiger partial charge in [0.2, 0.25) is 0 Å². The molecule has 0 radical (unpaired) electrons. The lowest BCUT2D eigenvalue weighted by molar-refractivity contribution is 0.0724. The fraction of sp³-hybridized carbons (Fsp3) is 0.368. The van der Waals surface area contributed by atoms with E-state index in [9.17, 15) is 14.4 Å². The molecule has 136 valence electrons. The number of amides is 2. The fourth-order valence-electron chi connectivity index (χ4n) is 2.97. The summed E-state index contributed by atoms with van der Waals surface area (Å²) in [5, 5.41) is 2.69. The molecule has 2 N–H and O–H groups in total.